The van der Waals surface area contributed by atoms with E-state index in [-0.39, 0.29) is 25.9 Å². The zero-order valence-corrected chi connectivity index (χ0v) is 8.18. The van der Waals surface area contributed by atoms with E-state index < -0.39 is 0 Å². The van der Waals surface area contributed by atoms with Gasteiger partial charge in [-0.1, -0.05) is 46.3 Å². The second-order valence-corrected chi connectivity index (χ2v) is 2.18. The van der Waals surface area contributed by atoms with Crippen molar-refractivity contribution in [3.63, 3.8) is 0 Å². The molecule has 0 fully saturated rings. The first kappa shape index (κ1) is 9.47. The van der Waals surface area contributed by atoms with Gasteiger partial charge in [0.05, 0.1) is 0 Å². The van der Waals surface area contributed by atoms with Gasteiger partial charge in [0.2, 0.25) is 0 Å². The first-order valence-electron chi connectivity index (χ1n) is 2.53. The van der Waals surface area contributed by atoms with Crippen LogP contribution in [0.3, 0.4) is 0 Å². The van der Waals surface area contributed by atoms with Crippen molar-refractivity contribution >= 4 is 39.0 Å². The van der Waals surface area contributed by atoms with Crippen molar-refractivity contribution in [2.75, 3.05) is 0 Å². The molecule has 0 N–H and O–H groups in total. The molecule has 9 heavy (non-hydrogen) atoms. The number of alkyl halides is 1. The number of rotatable bonds is 1. The van der Waals surface area contributed by atoms with Gasteiger partial charge in [0.1, 0.15) is 0 Å². The Labute approximate surface area is 82.9 Å². The molecule has 0 aromatic heterocycles. The summed E-state index contributed by atoms with van der Waals surface area (Å²) in [4.78, 5) is 0. The van der Waals surface area contributed by atoms with Gasteiger partial charge in [-0.3, -0.25) is 0 Å². The summed E-state index contributed by atoms with van der Waals surface area (Å²) >= 11 is 3.36. The van der Waals surface area contributed by atoms with Gasteiger partial charge < -0.3 is 2.85 Å². The van der Waals surface area contributed by atoms with E-state index in [2.05, 4.69) is 28.1 Å². The molecule has 1 aromatic carbocycles. The van der Waals surface area contributed by atoms with Crippen LogP contribution in [-0.4, -0.2) is 23.1 Å². The van der Waals surface area contributed by atoms with Crippen molar-refractivity contribution in [1.29, 1.82) is 0 Å². The maximum atomic E-state index is 3.36. The molecule has 0 heterocycles. The quantitative estimate of drug-likeness (QED) is 0.479. The van der Waals surface area contributed by atoms with Crippen LogP contribution in [0.5, 0.6) is 0 Å². The number of halogens is 1. The molecule has 0 saturated carbocycles. The summed E-state index contributed by atoms with van der Waals surface area (Å²) in [7, 11) is 0. The van der Waals surface area contributed by atoms with Crippen molar-refractivity contribution in [2.24, 2.45) is 0 Å². The van der Waals surface area contributed by atoms with Gasteiger partial charge in [-0.25, -0.2) is 0 Å². The summed E-state index contributed by atoms with van der Waals surface area (Å²) in [6.07, 6.45) is 0. The number of hydrogen-bond donors (Lipinski definition) is 0. The Hall–Kier alpha value is 0.466. The smallest absolute Gasteiger partial charge is 1.00 e. The minimum Gasteiger partial charge on any atom is -1.00 e. The van der Waals surface area contributed by atoms with E-state index in [0.717, 1.165) is 5.33 Å². The van der Waals surface area contributed by atoms with Crippen LogP contribution in [0.25, 0.3) is 0 Å². The summed E-state index contributed by atoms with van der Waals surface area (Å²) in [6.45, 7) is 0. The normalized spacial score (nSPS) is 8.11. The maximum absolute atomic E-state index is 3.36. The largest absolute Gasteiger partial charge is 2.00 e. The van der Waals surface area contributed by atoms with E-state index in [1.165, 1.54) is 5.56 Å². The molecule has 46 valence electrons. The Morgan fingerprint density at radius 1 is 1.22 bits per heavy atom. The Morgan fingerprint density at radius 2 is 1.78 bits per heavy atom. The zero-order valence-electron chi connectivity index (χ0n) is 7.18. The Kier molecular flexibility index (Phi) is 5.54. The third-order valence-corrected chi connectivity index (χ3v) is 1.64. The second kappa shape index (κ2) is 5.27. The van der Waals surface area contributed by atoms with Crippen LogP contribution in [0.2, 0.25) is 0 Å². The summed E-state index contributed by atoms with van der Waals surface area (Å²) < 4.78 is 0. The summed E-state index contributed by atoms with van der Waals surface area (Å²) in [5.74, 6) is 0. The molecule has 1 rings (SSSR count). The van der Waals surface area contributed by atoms with Crippen LogP contribution >= 0.6 is 15.9 Å². The van der Waals surface area contributed by atoms with Crippen LogP contribution in [-0.2, 0) is 5.33 Å². The van der Waals surface area contributed by atoms with Crippen LogP contribution in [0.1, 0.15) is 8.42 Å². The summed E-state index contributed by atoms with van der Waals surface area (Å²) in [5.41, 5.74) is 1.33. The van der Waals surface area contributed by atoms with Gasteiger partial charge in [0.15, 0.2) is 0 Å². The summed E-state index contributed by atoms with van der Waals surface area (Å²) in [5, 5.41) is 0.952. The molecule has 1 aromatic rings. The fraction of sp³-hybridized carbons (Fsp3) is 0.143. The SMILES string of the molecule is BrCc1ccccc1.[H-].[H-].[Mg+2]. The molecule has 0 saturated heterocycles. The number of benzene rings is 1. The first-order valence-corrected chi connectivity index (χ1v) is 3.65. The molecule has 0 spiro atoms. The molecular weight excluding hydrogens is 188 g/mol. The van der Waals surface area contributed by atoms with Crippen molar-refractivity contribution < 1.29 is 2.85 Å². The number of hydrogen-bond acceptors (Lipinski definition) is 0. The Bertz CT molecular complexity index is 158. The molecule has 0 atom stereocenters. The minimum absolute atomic E-state index is 0. The standard InChI is InChI=1S/C7H7Br.Mg.2H/c8-6-7-4-2-1-3-5-7;;;/h1-5H,6H2;;;/q;+2;2*-1. The van der Waals surface area contributed by atoms with E-state index in [4.69, 9.17) is 0 Å². The third-order valence-electron chi connectivity index (χ3n) is 0.997. The van der Waals surface area contributed by atoms with Crippen molar-refractivity contribution in [3.8, 4) is 0 Å². The average molecular weight is 197 g/mol. The van der Waals surface area contributed by atoms with Gasteiger partial charge in [-0.2, -0.15) is 0 Å². The zero-order chi connectivity index (χ0) is 5.82. The second-order valence-electron chi connectivity index (χ2n) is 1.62. The van der Waals surface area contributed by atoms with Crippen molar-refractivity contribution in [2.45, 2.75) is 5.33 Å². The van der Waals surface area contributed by atoms with Crippen LogP contribution < -0.4 is 0 Å². The topological polar surface area (TPSA) is 0 Å². The predicted octanol–water partition coefficient (Wildman–Crippen LogP) is 2.43. The molecule has 0 amide bonds. The van der Waals surface area contributed by atoms with Crippen molar-refractivity contribution in [3.05, 3.63) is 35.9 Å². The van der Waals surface area contributed by atoms with E-state index in [1.807, 2.05) is 18.2 Å². The third kappa shape index (κ3) is 3.23. The van der Waals surface area contributed by atoms with Crippen LogP contribution in [0.15, 0.2) is 30.3 Å². The molecule has 0 bridgehead atoms. The molecule has 0 nitrogen and oxygen atoms in total. The van der Waals surface area contributed by atoms with Crippen LogP contribution in [0.4, 0.5) is 0 Å². The van der Waals surface area contributed by atoms with Crippen LogP contribution in [0, 0.1) is 0 Å². The van der Waals surface area contributed by atoms with Gasteiger partial charge >= 0.3 is 23.1 Å². The Morgan fingerprint density at radius 3 is 2.11 bits per heavy atom. The molecular formula is C7H9BrMg. The van der Waals surface area contributed by atoms with E-state index in [0.29, 0.717) is 0 Å². The van der Waals surface area contributed by atoms with E-state index in [1.54, 1.807) is 0 Å². The molecule has 0 aliphatic carbocycles. The minimum atomic E-state index is 0. The molecule has 0 unspecified atom stereocenters. The predicted molar refractivity (Wildman–Crippen MR) is 47.1 cm³/mol. The first-order chi connectivity index (χ1) is 3.93. The fourth-order valence-electron chi connectivity index (χ4n) is 0.567. The van der Waals surface area contributed by atoms with Gasteiger partial charge in [0, 0.05) is 5.33 Å². The Balaban J connectivity index is -0.000000213. The molecule has 0 radical (unpaired) electrons. The monoisotopic (exact) mass is 196 g/mol. The molecule has 0 aliphatic rings. The van der Waals surface area contributed by atoms with Gasteiger partial charge in [0.25, 0.3) is 0 Å². The average Bonchev–Trinajstić information content (AvgIpc) is 1.90. The van der Waals surface area contributed by atoms with Crippen molar-refractivity contribution in [1.82, 2.24) is 0 Å². The van der Waals surface area contributed by atoms with Gasteiger partial charge in [-0.05, 0) is 5.56 Å². The van der Waals surface area contributed by atoms with E-state index >= 15 is 0 Å². The fourth-order valence-corrected chi connectivity index (χ4v) is 0.941. The molecule has 0 aliphatic heterocycles. The maximum Gasteiger partial charge on any atom is 2.00 e. The summed E-state index contributed by atoms with van der Waals surface area (Å²) in [6, 6.07) is 10.3. The molecule has 2 heteroatoms. The van der Waals surface area contributed by atoms with E-state index in [9.17, 15) is 0 Å². The van der Waals surface area contributed by atoms with Gasteiger partial charge in [-0.15, -0.1) is 0 Å².